The van der Waals surface area contributed by atoms with Gasteiger partial charge in [0.1, 0.15) is 11.5 Å². The Balaban J connectivity index is 2.27. The minimum atomic E-state index is -2.37. The molecule has 0 aliphatic carbocycles. The molecule has 1 unspecified atom stereocenters. The minimum Gasteiger partial charge on any atom is -0.464 e. The summed E-state index contributed by atoms with van der Waals surface area (Å²) >= 11 is 0.564. The molecule has 0 aromatic carbocycles. The summed E-state index contributed by atoms with van der Waals surface area (Å²) in [4.78, 5) is 0. The van der Waals surface area contributed by atoms with Gasteiger partial charge in [-0.2, -0.15) is 8.78 Å². The first kappa shape index (κ1) is 17.5. The van der Waals surface area contributed by atoms with E-state index in [2.05, 4.69) is 12.2 Å². The third-order valence-electron chi connectivity index (χ3n) is 3.04. The molecular weight excluding hydrogens is 284 g/mol. The molecule has 6 heteroatoms. The molecule has 0 saturated heterocycles. The van der Waals surface area contributed by atoms with E-state index in [1.807, 2.05) is 6.07 Å². The molecule has 3 nitrogen and oxygen atoms in total. The second-order valence-electron chi connectivity index (χ2n) is 4.74. The van der Waals surface area contributed by atoms with Crippen LogP contribution in [-0.2, 0) is 12.3 Å². The van der Waals surface area contributed by atoms with E-state index in [4.69, 9.17) is 9.52 Å². The van der Waals surface area contributed by atoms with Crippen molar-refractivity contribution in [3.05, 3.63) is 23.7 Å². The van der Waals surface area contributed by atoms with Crippen LogP contribution < -0.4 is 5.32 Å². The van der Waals surface area contributed by atoms with Crippen LogP contribution >= 0.6 is 11.8 Å². The van der Waals surface area contributed by atoms with E-state index in [0.29, 0.717) is 30.0 Å². The molecule has 1 heterocycles. The number of hydrogen-bond acceptors (Lipinski definition) is 4. The lowest BCUT2D eigenvalue weighted by Crippen LogP contribution is -2.23. The molecule has 2 N–H and O–H groups in total. The van der Waals surface area contributed by atoms with Crippen LogP contribution in [0.25, 0.3) is 0 Å². The van der Waals surface area contributed by atoms with Gasteiger partial charge in [-0.3, -0.25) is 0 Å². The summed E-state index contributed by atoms with van der Waals surface area (Å²) in [5, 5.41) is 12.3. The minimum absolute atomic E-state index is 0.195. The molecule has 1 aromatic rings. The van der Waals surface area contributed by atoms with Crippen molar-refractivity contribution in [3.63, 3.8) is 0 Å². The van der Waals surface area contributed by atoms with Gasteiger partial charge in [0.05, 0.1) is 12.3 Å². The normalized spacial score (nSPS) is 13.1. The number of aliphatic hydroxyl groups is 1. The Kier molecular flexibility index (Phi) is 8.89. The van der Waals surface area contributed by atoms with E-state index in [1.165, 1.54) is 0 Å². The van der Waals surface area contributed by atoms with E-state index < -0.39 is 5.76 Å². The molecule has 1 aromatic heterocycles. The van der Waals surface area contributed by atoms with E-state index in [1.54, 1.807) is 6.07 Å². The highest BCUT2D eigenvalue weighted by Gasteiger charge is 2.09. The Morgan fingerprint density at radius 2 is 2.05 bits per heavy atom. The Hall–Kier alpha value is -0.590. The number of rotatable bonds is 11. The van der Waals surface area contributed by atoms with Crippen LogP contribution in [0.2, 0.25) is 0 Å². The van der Waals surface area contributed by atoms with Crippen molar-refractivity contribution < 1.29 is 18.3 Å². The van der Waals surface area contributed by atoms with E-state index in [0.717, 1.165) is 31.6 Å². The van der Waals surface area contributed by atoms with Gasteiger partial charge in [-0.25, -0.2) is 0 Å². The van der Waals surface area contributed by atoms with Crippen molar-refractivity contribution in [2.45, 2.75) is 44.2 Å². The summed E-state index contributed by atoms with van der Waals surface area (Å²) in [5.74, 6) is -0.369. The average molecular weight is 307 g/mol. The summed E-state index contributed by atoms with van der Waals surface area (Å²) in [6, 6.07) is 3.55. The van der Waals surface area contributed by atoms with Gasteiger partial charge in [0.2, 0.25) is 0 Å². The van der Waals surface area contributed by atoms with Crippen molar-refractivity contribution in [2.24, 2.45) is 5.92 Å². The molecule has 1 rings (SSSR count). The zero-order valence-electron chi connectivity index (χ0n) is 11.8. The fraction of sp³-hybridized carbons (Fsp3) is 0.714. The van der Waals surface area contributed by atoms with Crippen molar-refractivity contribution in [1.29, 1.82) is 0 Å². The molecule has 20 heavy (non-hydrogen) atoms. The van der Waals surface area contributed by atoms with E-state index in [-0.39, 0.29) is 12.4 Å². The van der Waals surface area contributed by atoms with Crippen molar-refractivity contribution in [2.75, 3.05) is 13.2 Å². The fourth-order valence-electron chi connectivity index (χ4n) is 2.08. The number of aliphatic hydroxyl groups excluding tert-OH is 1. The first-order chi connectivity index (χ1) is 9.65. The highest BCUT2D eigenvalue weighted by Crippen LogP contribution is 2.21. The molecular formula is C14H23F2NO2S. The predicted molar refractivity (Wildman–Crippen MR) is 77.8 cm³/mol. The summed E-state index contributed by atoms with van der Waals surface area (Å²) in [6.07, 6.45) is 2.99. The van der Waals surface area contributed by atoms with Gasteiger partial charge < -0.3 is 14.8 Å². The van der Waals surface area contributed by atoms with Crippen LogP contribution in [0.5, 0.6) is 0 Å². The molecule has 0 amide bonds. The molecule has 0 saturated carbocycles. The van der Waals surface area contributed by atoms with E-state index in [9.17, 15) is 8.78 Å². The number of hydrogen-bond donors (Lipinski definition) is 2. The maximum Gasteiger partial charge on any atom is 0.284 e. The molecule has 0 spiro atoms. The quantitative estimate of drug-likeness (QED) is 0.655. The average Bonchev–Trinajstić information content (AvgIpc) is 2.85. The summed E-state index contributed by atoms with van der Waals surface area (Å²) in [7, 11) is 0. The lowest BCUT2D eigenvalue weighted by atomic mass is 10.0. The topological polar surface area (TPSA) is 45.4 Å². The van der Waals surface area contributed by atoms with Gasteiger partial charge >= 0.3 is 0 Å². The smallest absolute Gasteiger partial charge is 0.284 e. The predicted octanol–water partition coefficient (Wildman–Crippen LogP) is 3.62. The van der Waals surface area contributed by atoms with Crippen LogP contribution in [0.1, 0.15) is 37.7 Å². The van der Waals surface area contributed by atoms with Gasteiger partial charge in [-0.15, -0.1) is 0 Å². The number of alkyl halides is 2. The summed E-state index contributed by atoms with van der Waals surface area (Å²) in [5.41, 5.74) is 0. The van der Waals surface area contributed by atoms with Gasteiger partial charge in [-0.1, -0.05) is 25.1 Å². The van der Waals surface area contributed by atoms with Crippen LogP contribution in [0.15, 0.2) is 16.5 Å². The number of nitrogens with one attached hydrogen (secondary N) is 1. The Morgan fingerprint density at radius 1 is 1.30 bits per heavy atom. The first-order valence-corrected chi connectivity index (χ1v) is 7.99. The molecule has 0 bridgehead atoms. The Labute approximate surface area is 123 Å². The van der Waals surface area contributed by atoms with Crippen molar-refractivity contribution in [3.8, 4) is 0 Å². The number of halogens is 2. The molecule has 0 radical (unpaired) electrons. The van der Waals surface area contributed by atoms with Crippen LogP contribution in [0.3, 0.4) is 0 Å². The monoisotopic (exact) mass is 307 g/mol. The second kappa shape index (κ2) is 10.2. The zero-order chi connectivity index (χ0) is 14.8. The molecule has 0 fully saturated rings. The van der Waals surface area contributed by atoms with Gasteiger partial charge in [-0.05, 0) is 37.4 Å². The number of thioether (sulfide) groups is 1. The molecule has 0 aliphatic heterocycles. The third kappa shape index (κ3) is 7.26. The Morgan fingerprint density at radius 3 is 2.70 bits per heavy atom. The molecule has 1 atom stereocenters. The standard InChI is InChI=1S/C14H23F2NO2S/c1-2-3-11(6-7-18)8-17-9-12-4-5-13(19-12)10-20-14(15)16/h4-5,11,14,17-18H,2-3,6-10H2,1H3. The maximum absolute atomic E-state index is 12.1. The lowest BCUT2D eigenvalue weighted by Gasteiger charge is -2.15. The lowest BCUT2D eigenvalue weighted by molar-refractivity contribution is 0.247. The van der Waals surface area contributed by atoms with E-state index >= 15 is 0 Å². The summed E-state index contributed by atoms with van der Waals surface area (Å²) < 4.78 is 29.6. The highest BCUT2D eigenvalue weighted by atomic mass is 32.2. The zero-order valence-corrected chi connectivity index (χ0v) is 12.6. The molecule has 0 aliphatic rings. The van der Waals surface area contributed by atoms with Gasteiger partial charge in [0.25, 0.3) is 5.76 Å². The number of furan rings is 1. The van der Waals surface area contributed by atoms with Gasteiger partial charge in [0, 0.05) is 6.61 Å². The van der Waals surface area contributed by atoms with Crippen LogP contribution in [0, 0.1) is 5.92 Å². The Bertz CT molecular complexity index is 355. The van der Waals surface area contributed by atoms with Crippen molar-refractivity contribution >= 4 is 11.8 Å². The molecule has 116 valence electrons. The van der Waals surface area contributed by atoms with Crippen molar-refractivity contribution in [1.82, 2.24) is 5.32 Å². The van der Waals surface area contributed by atoms with Gasteiger partial charge in [0.15, 0.2) is 0 Å². The fourth-order valence-corrected chi connectivity index (χ4v) is 2.52. The van der Waals surface area contributed by atoms with Crippen LogP contribution in [-0.4, -0.2) is 24.0 Å². The third-order valence-corrected chi connectivity index (χ3v) is 3.74. The first-order valence-electron chi connectivity index (χ1n) is 6.94. The summed E-state index contributed by atoms with van der Waals surface area (Å²) in [6.45, 7) is 3.76. The largest absolute Gasteiger partial charge is 0.464 e. The highest BCUT2D eigenvalue weighted by molar-refractivity contribution is 7.98. The maximum atomic E-state index is 12.1. The SMILES string of the molecule is CCCC(CCO)CNCc1ccc(CSC(F)F)o1. The second-order valence-corrected chi connectivity index (χ2v) is 5.72. The van der Waals surface area contributed by atoms with Crippen LogP contribution in [0.4, 0.5) is 8.78 Å².